The Hall–Kier alpha value is -2.40. The van der Waals surface area contributed by atoms with Crippen molar-refractivity contribution in [2.45, 2.75) is 18.3 Å². The smallest absolute Gasteiger partial charge is 0.252 e. The number of morpholine rings is 1. The molecule has 5 heteroatoms. The molecule has 0 radical (unpaired) electrons. The SMILES string of the molecule is O=C(NCC1(c2ccccc2)CC1)c1ccc(N2CCOCC2)nc1. The number of ether oxygens (including phenoxy) is 1. The van der Waals surface area contributed by atoms with Gasteiger partial charge in [-0.15, -0.1) is 0 Å². The number of pyridine rings is 1. The van der Waals surface area contributed by atoms with Crippen molar-refractivity contribution in [3.05, 3.63) is 59.8 Å². The zero-order valence-electron chi connectivity index (χ0n) is 14.3. The minimum Gasteiger partial charge on any atom is -0.378 e. The lowest BCUT2D eigenvalue weighted by Gasteiger charge is -2.27. The van der Waals surface area contributed by atoms with E-state index in [0.717, 1.165) is 45.0 Å². The fourth-order valence-corrected chi connectivity index (χ4v) is 3.36. The van der Waals surface area contributed by atoms with Crippen LogP contribution in [0.3, 0.4) is 0 Å². The molecule has 1 N–H and O–H groups in total. The van der Waals surface area contributed by atoms with Gasteiger partial charge in [0.05, 0.1) is 18.8 Å². The summed E-state index contributed by atoms with van der Waals surface area (Å²) in [4.78, 5) is 19.1. The predicted octanol–water partition coefficient (Wildman–Crippen LogP) is 2.38. The number of hydrogen-bond acceptors (Lipinski definition) is 4. The number of nitrogens with zero attached hydrogens (tertiary/aromatic N) is 2. The molecule has 5 nitrogen and oxygen atoms in total. The average Bonchev–Trinajstić information content (AvgIpc) is 3.49. The molecule has 2 aliphatic rings. The summed E-state index contributed by atoms with van der Waals surface area (Å²) >= 11 is 0. The minimum atomic E-state index is -0.0526. The molecule has 1 aromatic carbocycles. The Bertz CT molecular complexity index is 720. The number of hydrogen-bond donors (Lipinski definition) is 1. The van der Waals surface area contributed by atoms with Crippen LogP contribution < -0.4 is 10.2 Å². The number of rotatable bonds is 5. The molecule has 1 aliphatic carbocycles. The minimum absolute atomic E-state index is 0.0526. The van der Waals surface area contributed by atoms with E-state index in [1.54, 1.807) is 6.20 Å². The van der Waals surface area contributed by atoms with E-state index in [0.29, 0.717) is 12.1 Å². The summed E-state index contributed by atoms with van der Waals surface area (Å²) in [5.74, 6) is 0.853. The standard InChI is InChI=1S/C20H23N3O2/c24-19(22-15-20(8-9-20)17-4-2-1-3-5-17)16-6-7-18(21-14-16)23-10-12-25-13-11-23/h1-7,14H,8-13,15H2,(H,22,24). The van der Waals surface area contributed by atoms with Crippen LogP contribution >= 0.6 is 0 Å². The summed E-state index contributed by atoms with van der Waals surface area (Å²) in [5.41, 5.74) is 2.05. The number of nitrogens with one attached hydrogen (secondary N) is 1. The van der Waals surface area contributed by atoms with E-state index >= 15 is 0 Å². The Morgan fingerprint density at radius 1 is 1.12 bits per heavy atom. The van der Waals surface area contributed by atoms with Gasteiger partial charge in [-0.1, -0.05) is 30.3 Å². The van der Waals surface area contributed by atoms with Gasteiger partial charge in [0.2, 0.25) is 0 Å². The highest BCUT2D eigenvalue weighted by molar-refractivity contribution is 5.94. The van der Waals surface area contributed by atoms with Crippen molar-refractivity contribution in [1.82, 2.24) is 10.3 Å². The van der Waals surface area contributed by atoms with E-state index in [9.17, 15) is 4.79 Å². The van der Waals surface area contributed by atoms with Gasteiger partial charge >= 0.3 is 0 Å². The van der Waals surface area contributed by atoms with Crippen molar-refractivity contribution in [2.24, 2.45) is 0 Å². The van der Waals surface area contributed by atoms with Gasteiger partial charge in [0.15, 0.2) is 0 Å². The number of amides is 1. The second-order valence-corrected chi connectivity index (χ2v) is 6.83. The van der Waals surface area contributed by atoms with Gasteiger partial charge in [-0.05, 0) is 30.5 Å². The normalized spacial score (nSPS) is 18.6. The van der Waals surface area contributed by atoms with Crippen LogP contribution in [0, 0.1) is 0 Å². The number of aromatic nitrogens is 1. The number of carbonyl (C=O) groups excluding carboxylic acids is 1. The summed E-state index contributed by atoms with van der Waals surface area (Å²) in [5, 5.41) is 3.09. The summed E-state index contributed by atoms with van der Waals surface area (Å²) in [6.07, 6.45) is 3.93. The van der Waals surface area contributed by atoms with E-state index in [1.165, 1.54) is 5.56 Å². The highest BCUT2D eigenvalue weighted by Crippen LogP contribution is 2.47. The van der Waals surface area contributed by atoms with Crippen molar-refractivity contribution in [2.75, 3.05) is 37.7 Å². The number of benzene rings is 1. The highest BCUT2D eigenvalue weighted by Gasteiger charge is 2.44. The zero-order valence-corrected chi connectivity index (χ0v) is 14.3. The zero-order chi connectivity index (χ0) is 17.1. The lowest BCUT2D eigenvalue weighted by Crippen LogP contribution is -2.37. The Balaban J connectivity index is 1.37. The topological polar surface area (TPSA) is 54.5 Å². The second-order valence-electron chi connectivity index (χ2n) is 6.83. The van der Waals surface area contributed by atoms with Crippen LogP contribution in [-0.4, -0.2) is 43.7 Å². The van der Waals surface area contributed by atoms with Gasteiger partial charge in [0.25, 0.3) is 5.91 Å². The third-order valence-electron chi connectivity index (χ3n) is 5.17. The summed E-state index contributed by atoms with van der Waals surface area (Å²) < 4.78 is 5.36. The first-order valence-electron chi connectivity index (χ1n) is 8.89. The fourth-order valence-electron chi connectivity index (χ4n) is 3.36. The quantitative estimate of drug-likeness (QED) is 0.910. The maximum absolute atomic E-state index is 12.5. The number of anilines is 1. The molecule has 0 unspecified atom stereocenters. The van der Waals surface area contributed by atoms with Gasteiger partial charge < -0.3 is 15.0 Å². The van der Waals surface area contributed by atoms with Gasteiger partial charge in [0.1, 0.15) is 5.82 Å². The van der Waals surface area contributed by atoms with Crippen molar-refractivity contribution in [3.63, 3.8) is 0 Å². The van der Waals surface area contributed by atoms with Crippen LogP contribution in [0.5, 0.6) is 0 Å². The molecule has 0 spiro atoms. The van der Waals surface area contributed by atoms with Crippen LogP contribution in [0.4, 0.5) is 5.82 Å². The van der Waals surface area contributed by atoms with Crippen molar-refractivity contribution >= 4 is 11.7 Å². The monoisotopic (exact) mass is 337 g/mol. The first-order chi connectivity index (χ1) is 12.3. The Labute approximate surface area is 148 Å². The lowest BCUT2D eigenvalue weighted by atomic mass is 9.96. The van der Waals surface area contributed by atoms with Gasteiger partial charge in [-0.2, -0.15) is 0 Å². The fraction of sp³-hybridized carbons (Fsp3) is 0.400. The van der Waals surface area contributed by atoms with Crippen molar-refractivity contribution in [3.8, 4) is 0 Å². The molecule has 25 heavy (non-hydrogen) atoms. The lowest BCUT2D eigenvalue weighted by molar-refractivity contribution is 0.0949. The third kappa shape index (κ3) is 3.51. The molecule has 1 saturated carbocycles. The maximum atomic E-state index is 12.5. The second kappa shape index (κ2) is 6.84. The summed E-state index contributed by atoms with van der Waals surface area (Å²) in [6, 6.07) is 14.2. The van der Waals surface area contributed by atoms with E-state index in [-0.39, 0.29) is 11.3 Å². The molecule has 0 atom stereocenters. The summed E-state index contributed by atoms with van der Waals surface area (Å²) in [6.45, 7) is 3.83. The molecular weight excluding hydrogens is 314 g/mol. The molecule has 2 heterocycles. The molecule has 130 valence electrons. The van der Waals surface area contributed by atoms with Crippen molar-refractivity contribution in [1.29, 1.82) is 0 Å². The predicted molar refractivity (Wildman–Crippen MR) is 97.0 cm³/mol. The van der Waals surface area contributed by atoms with E-state index < -0.39 is 0 Å². The largest absolute Gasteiger partial charge is 0.378 e. The van der Waals surface area contributed by atoms with Crippen LogP contribution in [0.15, 0.2) is 48.7 Å². The van der Waals surface area contributed by atoms with E-state index in [2.05, 4.69) is 39.5 Å². The molecule has 0 bridgehead atoms. The molecule has 4 rings (SSSR count). The van der Waals surface area contributed by atoms with Gasteiger partial charge in [-0.3, -0.25) is 4.79 Å². The molecular formula is C20H23N3O2. The van der Waals surface area contributed by atoms with Gasteiger partial charge in [0, 0.05) is 31.2 Å². The Morgan fingerprint density at radius 2 is 1.88 bits per heavy atom. The molecule has 1 saturated heterocycles. The maximum Gasteiger partial charge on any atom is 0.252 e. The number of carbonyl (C=O) groups is 1. The van der Waals surface area contributed by atoms with Crippen LogP contribution in [0.1, 0.15) is 28.8 Å². The van der Waals surface area contributed by atoms with Crippen molar-refractivity contribution < 1.29 is 9.53 Å². The van der Waals surface area contributed by atoms with Crippen LogP contribution in [0.2, 0.25) is 0 Å². The molecule has 1 aromatic heterocycles. The van der Waals surface area contributed by atoms with E-state index in [1.807, 2.05) is 18.2 Å². The molecule has 1 amide bonds. The summed E-state index contributed by atoms with van der Waals surface area (Å²) in [7, 11) is 0. The average molecular weight is 337 g/mol. The van der Waals surface area contributed by atoms with Crippen LogP contribution in [-0.2, 0) is 10.2 Å². The third-order valence-corrected chi connectivity index (χ3v) is 5.17. The highest BCUT2D eigenvalue weighted by atomic mass is 16.5. The molecule has 2 aromatic rings. The van der Waals surface area contributed by atoms with E-state index in [4.69, 9.17) is 4.74 Å². The van der Waals surface area contributed by atoms with Gasteiger partial charge in [-0.25, -0.2) is 4.98 Å². The first-order valence-corrected chi connectivity index (χ1v) is 8.89. The molecule has 2 fully saturated rings. The Kier molecular flexibility index (Phi) is 4.40. The Morgan fingerprint density at radius 3 is 2.52 bits per heavy atom. The molecule has 1 aliphatic heterocycles. The first kappa shape index (κ1) is 16.1. The van der Waals surface area contributed by atoms with Crippen LogP contribution in [0.25, 0.3) is 0 Å².